The first-order valence-electron chi connectivity index (χ1n) is 8.33. The average Bonchev–Trinajstić information content (AvgIpc) is 3.02. The number of nitrogens with two attached hydrogens (primary N) is 1. The van der Waals surface area contributed by atoms with Crippen LogP contribution in [0.4, 0.5) is 11.9 Å². The van der Waals surface area contributed by atoms with Crippen molar-refractivity contribution in [3.05, 3.63) is 65.2 Å². The summed E-state index contributed by atoms with van der Waals surface area (Å²) in [6.45, 7) is 2.09. The fourth-order valence-electron chi connectivity index (χ4n) is 3.31. The molecule has 2 heterocycles. The second-order valence-electron chi connectivity index (χ2n) is 6.37. The molecule has 6 heteroatoms. The number of nitrogens with zero attached hydrogens (tertiary/aromatic N) is 3. The summed E-state index contributed by atoms with van der Waals surface area (Å²) in [7, 11) is 1.67. The quantitative estimate of drug-likeness (QED) is 0.768. The Morgan fingerprint density at radius 3 is 2.44 bits per heavy atom. The summed E-state index contributed by atoms with van der Waals surface area (Å²) in [5.41, 5.74) is 9.48. The zero-order valence-electron chi connectivity index (χ0n) is 14.3. The molecule has 0 bridgehead atoms. The van der Waals surface area contributed by atoms with Crippen LogP contribution in [-0.4, -0.2) is 21.9 Å². The summed E-state index contributed by atoms with van der Waals surface area (Å²) in [4.78, 5) is 4.35. The van der Waals surface area contributed by atoms with Gasteiger partial charge < -0.3 is 15.8 Å². The van der Waals surface area contributed by atoms with Gasteiger partial charge in [0.05, 0.1) is 19.2 Å². The van der Waals surface area contributed by atoms with E-state index in [0.717, 1.165) is 12.2 Å². The van der Waals surface area contributed by atoms with Gasteiger partial charge in [0.2, 0.25) is 11.9 Å². The van der Waals surface area contributed by atoms with Gasteiger partial charge in [0.15, 0.2) is 0 Å². The minimum Gasteiger partial charge on any atom is -0.497 e. The van der Waals surface area contributed by atoms with Crippen LogP contribution in [0, 0.1) is 6.92 Å². The van der Waals surface area contributed by atoms with Crippen molar-refractivity contribution in [2.45, 2.75) is 25.4 Å². The van der Waals surface area contributed by atoms with Crippen molar-refractivity contribution >= 4 is 11.9 Å². The molecular formula is C19H21N5O. The van der Waals surface area contributed by atoms with E-state index in [1.54, 1.807) is 7.11 Å². The predicted octanol–water partition coefficient (Wildman–Crippen LogP) is 3.32. The summed E-state index contributed by atoms with van der Waals surface area (Å²) in [5.74, 6) is 1.84. The second-order valence-corrected chi connectivity index (χ2v) is 6.37. The van der Waals surface area contributed by atoms with Crippen molar-refractivity contribution in [3.63, 3.8) is 0 Å². The van der Waals surface area contributed by atoms with E-state index in [1.165, 1.54) is 16.7 Å². The number of rotatable bonds is 3. The van der Waals surface area contributed by atoms with Crippen LogP contribution in [0.25, 0.3) is 0 Å². The molecule has 4 rings (SSSR count). The zero-order chi connectivity index (χ0) is 17.4. The Balaban J connectivity index is 1.71. The van der Waals surface area contributed by atoms with E-state index in [9.17, 15) is 0 Å². The van der Waals surface area contributed by atoms with E-state index >= 15 is 0 Å². The van der Waals surface area contributed by atoms with E-state index in [1.807, 2.05) is 16.8 Å². The number of anilines is 2. The summed E-state index contributed by atoms with van der Waals surface area (Å²) in [5, 5.41) is 7.84. The smallest absolute Gasteiger partial charge is 0.241 e. The number of hydrogen-bond acceptors (Lipinski definition) is 5. The van der Waals surface area contributed by atoms with Gasteiger partial charge in [0, 0.05) is 0 Å². The highest BCUT2D eigenvalue weighted by Gasteiger charge is 2.30. The van der Waals surface area contributed by atoms with Gasteiger partial charge in [-0.15, -0.1) is 5.10 Å². The van der Waals surface area contributed by atoms with Gasteiger partial charge in [-0.2, -0.15) is 4.98 Å². The number of benzene rings is 2. The van der Waals surface area contributed by atoms with Gasteiger partial charge in [-0.1, -0.05) is 42.0 Å². The molecule has 1 aliphatic rings. The maximum Gasteiger partial charge on any atom is 0.241 e. The van der Waals surface area contributed by atoms with Gasteiger partial charge >= 0.3 is 0 Å². The van der Waals surface area contributed by atoms with Crippen LogP contribution in [0.3, 0.4) is 0 Å². The lowest BCUT2D eigenvalue weighted by Gasteiger charge is -2.31. The van der Waals surface area contributed by atoms with E-state index in [0.29, 0.717) is 5.95 Å². The van der Waals surface area contributed by atoms with Crippen molar-refractivity contribution in [3.8, 4) is 5.75 Å². The number of aromatic nitrogens is 3. The molecule has 3 aromatic rings. The van der Waals surface area contributed by atoms with Gasteiger partial charge in [-0.25, -0.2) is 4.68 Å². The molecule has 128 valence electrons. The maximum atomic E-state index is 5.85. The number of nitrogens with one attached hydrogen (secondary N) is 1. The lowest BCUT2D eigenvalue weighted by molar-refractivity contribution is 0.413. The number of nitrogen functional groups attached to an aromatic ring is 1. The molecule has 0 saturated heterocycles. The standard InChI is InChI=1S/C19H21N5O/c1-12-3-5-14(6-4-12)17-11-16(13-7-9-15(25-2)10-8-13)21-19-22-18(20)23-24(17)19/h3-10,16-17H,11H2,1-2H3,(H3,20,21,22,23)/t16-,17-/m1/s1. The predicted molar refractivity (Wildman–Crippen MR) is 97.7 cm³/mol. The van der Waals surface area contributed by atoms with E-state index in [2.05, 4.69) is 58.7 Å². The summed E-state index contributed by atoms with van der Waals surface area (Å²) >= 11 is 0. The number of aryl methyl sites for hydroxylation is 1. The molecule has 2 atom stereocenters. The number of methoxy groups -OCH3 is 1. The lowest BCUT2D eigenvalue weighted by atomic mass is 9.93. The second kappa shape index (κ2) is 6.12. The third kappa shape index (κ3) is 2.91. The summed E-state index contributed by atoms with van der Waals surface area (Å²) in [6, 6.07) is 16.9. The highest BCUT2D eigenvalue weighted by molar-refractivity contribution is 5.42. The summed E-state index contributed by atoms with van der Waals surface area (Å²) < 4.78 is 7.14. The van der Waals surface area contributed by atoms with Gasteiger partial charge in [-0.3, -0.25) is 0 Å². The largest absolute Gasteiger partial charge is 0.497 e. The molecule has 6 nitrogen and oxygen atoms in total. The minimum atomic E-state index is 0.0914. The van der Waals surface area contributed by atoms with E-state index in [-0.39, 0.29) is 18.0 Å². The fraction of sp³-hybridized carbons (Fsp3) is 0.263. The Kier molecular flexibility index (Phi) is 3.80. The first kappa shape index (κ1) is 15.5. The van der Waals surface area contributed by atoms with Crippen molar-refractivity contribution < 1.29 is 4.74 Å². The molecule has 2 aromatic carbocycles. The van der Waals surface area contributed by atoms with Crippen molar-refractivity contribution in [2.75, 3.05) is 18.2 Å². The van der Waals surface area contributed by atoms with Gasteiger partial charge in [-0.05, 0) is 36.6 Å². The summed E-state index contributed by atoms with van der Waals surface area (Å²) in [6.07, 6.45) is 0.866. The van der Waals surface area contributed by atoms with Crippen LogP contribution in [0.1, 0.15) is 35.2 Å². The zero-order valence-corrected chi connectivity index (χ0v) is 14.3. The normalized spacial score (nSPS) is 19.1. The molecule has 1 aromatic heterocycles. The Labute approximate surface area is 146 Å². The van der Waals surface area contributed by atoms with Gasteiger partial charge in [0.25, 0.3) is 0 Å². The van der Waals surface area contributed by atoms with Crippen LogP contribution < -0.4 is 15.8 Å². The monoisotopic (exact) mass is 335 g/mol. The molecule has 3 N–H and O–H groups in total. The van der Waals surface area contributed by atoms with Crippen LogP contribution >= 0.6 is 0 Å². The molecule has 0 aliphatic carbocycles. The van der Waals surface area contributed by atoms with Crippen LogP contribution in [0.15, 0.2) is 48.5 Å². The Hall–Kier alpha value is -3.02. The van der Waals surface area contributed by atoms with Crippen molar-refractivity contribution in [1.82, 2.24) is 14.8 Å². The Morgan fingerprint density at radius 2 is 1.76 bits per heavy atom. The third-order valence-electron chi connectivity index (χ3n) is 4.69. The SMILES string of the molecule is COc1ccc([C@H]2C[C@H](c3ccc(C)cc3)n3nc(N)nc3N2)cc1. The molecule has 0 spiro atoms. The molecule has 0 radical (unpaired) electrons. The van der Waals surface area contributed by atoms with E-state index < -0.39 is 0 Å². The highest BCUT2D eigenvalue weighted by Crippen LogP contribution is 2.38. The number of fused-ring (bicyclic) bond motifs is 1. The molecule has 0 unspecified atom stereocenters. The van der Waals surface area contributed by atoms with Crippen LogP contribution in [0.2, 0.25) is 0 Å². The third-order valence-corrected chi connectivity index (χ3v) is 4.69. The Morgan fingerprint density at radius 1 is 1.08 bits per heavy atom. The average molecular weight is 335 g/mol. The molecule has 0 fully saturated rings. The Bertz CT molecular complexity index is 870. The molecule has 25 heavy (non-hydrogen) atoms. The highest BCUT2D eigenvalue weighted by atomic mass is 16.5. The number of ether oxygens (including phenoxy) is 1. The molecular weight excluding hydrogens is 314 g/mol. The maximum absolute atomic E-state index is 5.85. The van der Waals surface area contributed by atoms with E-state index in [4.69, 9.17) is 10.5 Å². The van der Waals surface area contributed by atoms with Crippen LogP contribution in [-0.2, 0) is 0 Å². The molecule has 1 aliphatic heterocycles. The first-order valence-corrected chi connectivity index (χ1v) is 8.33. The molecule has 0 saturated carbocycles. The topological polar surface area (TPSA) is 78.0 Å². The lowest BCUT2D eigenvalue weighted by Crippen LogP contribution is -2.28. The minimum absolute atomic E-state index is 0.0914. The van der Waals surface area contributed by atoms with Crippen molar-refractivity contribution in [2.24, 2.45) is 0 Å². The van der Waals surface area contributed by atoms with Crippen LogP contribution in [0.5, 0.6) is 5.75 Å². The number of hydrogen-bond donors (Lipinski definition) is 2. The molecule has 0 amide bonds. The first-order chi connectivity index (χ1) is 12.1. The van der Waals surface area contributed by atoms with Gasteiger partial charge in [0.1, 0.15) is 5.75 Å². The van der Waals surface area contributed by atoms with Crippen molar-refractivity contribution in [1.29, 1.82) is 0 Å². The fourth-order valence-corrected chi connectivity index (χ4v) is 3.31.